The molecule has 0 amide bonds. The standard InChI is InChI=1S/C40H27N/c1-3-9-28(10-4-1)29-17-22-34(23-18-29)41(33-12-5-2-6-13-33)35-24-19-31-15-16-32-21-25-37-36-14-8-7-11-30(36)20-26-38(37)40(32)39(31)27-35/h1-27H. The second kappa shape index (κ2) is 9.66. The van der Waals surface area contributed by atoms with Crippen molar-refractivity contribution >= 4 is 60.2 Å². The van der Waals surface area contributed by atoms with Gasteiger partial charge in [0, 0.05) is 17.1 Å². The topological polar surface area (TPSA) is 3.24 Å². The normalized spacial score (nSPS) is 11.4. The first-order chi connectivity index (χ1) is 20.3. The van der Waals surface area contributed by atoms with E-state index in [9.17, 15) is 0 Å². The van der Waals surface area contributed by atoms with E-state index in [4.69, 9.17) is 0 Å². The fourth-order valence-corrected chi connectivity index (χ4v) is 6.23. The Morgan fingerprint density at radius 2 is 0.829 bits per heavy atom. The van der Waals surface area contributed by atoms with Crippen molar-refractivity contribution in [3.8, 4) is 11.1 Å². The Balaban J connectivity index is 1.35. The van der Waals surface area contributed by atoms with Crippen molar-refractivity contribution in [1.82, 2.24) is 0 Å². The first-order valence-corrected chi connectivity index (χ1v) is 14.1. The number of anilines is 3. The molecule has 192 valence electrons. The average Bonchev–Trinajstić information content (AvgIpc) is 3.05. The fraction of sp³-hybridized carbons (Fsp3) is 0. The van der Waals surface area contributed by atoms with Crippen LogP contribution in [0.4, 0.5) is 17.1 Å². The molecule has 0 radical (unpaired) electrons. The smallest absolute Gasteiger partial charge is 0.0468 e. The number of nitrogens with zero attached hydrogens (tertiary/aromatic N) is 1. The van der Waals surface area contributed by atoms with Gasteiger partial charge in [0.2, 0.25) is 0 Å². The molecule has 0 aliphatic heterocycles. The van der Waals surface area contributed by atoms with Crippen molar-refractivity contribution in [2.75, 3.05) is 4.90 Å². The minimum atomic E-state index is 1.13. The van der Waals surface area contributed by atoms with E-state index in [-0.39, 0.29) is 0 Å². The van der Waals surface area contributed by atoms with Crippen LogP contribution in [0.1, 0.15) is 0 Å². The molecule has 0 aromatic heterocycles. The third-order valence-electron chi connectivity index (χ3n) is 8.21. The van der Waals surface area contributed by atoms with Crippen molar-refractivity contribution in [1.29, 1.82) is 0 Å². The lowest BCUT2D eigenvalue weighted by Crippen LogP contribution is -2.09. The first kappa shape index (κ1) is 23.5. The number of fused-ring (bicyclic) bond motifs is 7. The van der Waals surface area contributed by atoms with Crippen LogP contribution in [0.2, 0.25) is 0 Å². The second-order valence-corrected chi connectivity index (χ2v) is 10.6. The fourth-order valence-electron chi connectivity index (χ4n) is 6.23. The van der Waals surface area contributed by atoms with Crippen molar-refractivity contribution in [2.45, 2.75) is 0 Å². The summed E-state index contributed by atoms with van der Waals surface area (Å²) in [4.78, 5) is 2.35. The Bertz CT molecular complexity index is 2180. The highest BCUT2D eigenvalue weighted by molar-refractivity contribution is 6.25. The molecule has 0 saturated heterocycles. The number of para-hydroxylation sites is 1. The Labute approximate surface area is 239 Å². The van der Waals surface area contributed by atoms with Gasteiger partial charge < -0.3 is 4.90 Å². The van der Waals surface area contributed by atoms with Gasteiger partial charge in [-0.15, -0.1) is 0 Å². The van der Waals surface area contributed by atoms with Gasteiger partial charge in [0.05, 0.1) is 0 Å². The minimum absolute atomic E-state index is 1.13. The monoisotopic (exact) mass is 521 g/mol. The van der Waals surface area contributed by atoms with E-state index in [0.29, 0.717) is 0 Å². The van der Waals surface area contributed by atoms with E-state index in [1.165, 1.54) is 54.2 Å². The summed E-state index contributed by atoms with van der Waals surface area (Å²) in [5, 5.41) is 10.2. The Morgan fingerprint density at radius 3 is 1.66 bits per heavy atom. The molecule has 0 fully saturated rings. The molecule has 0 aliphatic carbocycles. The van der Waals surface area contributed by atoms with Crippen LogP contribution in [0.15, 0.2) is 164 Å². The Morgan fingerprint density at radius 1 is 0.293 bits per heavy atom. The van der Waals surface area contributed by atoms with Gasteiger partial charge in [0.25, 0.3) is 0 Å². The average molecular weight is 522 g/mol. The Kier molecular flexibility index (Phi) is 5.53. The number of hydrogen-bond donors (Lipinski definition) is 0. The summed E-state index contributed by atoms with van der Waals surface area (Å²) in [6.45, 7) is 0. The number of rotatable bonds is 4. The molecule has 1 nitrogen and oxygen atoms in total. The lowest BCUT2D eigenvalue weighted by Gasteiger charge is -2.26. The molecule has 0 atom stereocenters. The summed E-state index contributed by atoms with van der Waals surface area (Å²) >= 11 is 0. The summed E-state index contributed by atoms with van der Waals surface area (Å²) in [7, 11) is 0. The Hall–Kier alpha value is -5.40. The minimum Gasteiger partial charge on any atom is -0.310 e. The van der Waals surface area contributed by atoms with Crippen LogP contribution in [-0.4, -0.2) is 0 Å². The van der Waals surface area contributed by atoms with Crippen molar-refractivity contribution < 1.29 is 0 Å². The van der Waals surface area contributed by atoms with Crippen molar-refractivity contribution in [3.05, 3.63) is 164 Å². The lowest BCUT2D eigenvalue weighted by molar-refractivity contribution is 1.29. The maximum Gasteiger partial charge on any atom is 0.0468 e. The summed E-state index contributed by atoms with van der Waals surface area (Å²) in [6.07, 6.45) is 0. The third-order valence-corrected chi connectivity index (χ3v) is 8.21. The summed E-state index contributed by atoms with van der Waals surface area (Å²) in [6, 6.07) is 59.2. The van der Waals surface area contributed by atoms with Gasteiger partial charge >= 0.3 is 0 Å². The molecule has 0 unspecified atom stereocenters. The summed E-state index contributed by atoms with van der Waals surface area (Å²) < 4.78 is 0. The van der Waals surface area contributed by atoms with E-state index >= 15 is 0 Å². The van der Waals surface area contributed by atoms with Crippen molar-refractivity contribution in [3.63, 3.8) is 0 Å². The van der Waals surface area contributed by atoms with E-state index in [2.05, 4.69) is 169 Å². The molecule has 0 heterocycles. The van der Waals surface area contributed by atoms with Crippen LogP contribution in [-0.2, 0) is 0 Å². The van der Waals surface area contributed by atoms with E-state index in [0.717, 1.165) is 17.1 Å². The van der Waals surface area contributed by atoms with Crippen LogP contribution in [0.5, 0.6) is 0 Å². The van der Waals surface area contributed by atoms with Crippen LogP contribution in [0.25, 0.3) is 54.2 Å². The zero-order chi connectivity index (χ0) is 27.2. The highest BCUT2D eigenvalue weighted by Gasteiger charge is 2.15. The van der Waals surface area contributed by atoms with E-state index in [1.807, 2.05) is 0 Å². The number of hydrogen-bond acceptors (Lipinski definition) is 1. The molecular weight excluding hydrogens is 494 g/mol. The predicted molar refractivity (Wildman–Crippen MR) is 177 cm³/mol. The van der Waals surface area contributed by atoms with Crippen LogP contribution in [0, 0.1) is 0 Å². The maximum absolute atomic E-state index is 2.37. The van der Waals surface area contributed by atoms with Gasteiger partial charge in [-0.25, -0.2) is 0 Å². The second-order valence-electron chi connectivity index (χ2n) is 10.6. The van der Waals surface area contributed by atoms with Crippen molar-refractivity contribution in [2.24, 2.45) is 0 Å². The van der Waals surface area contributed by atoms with Gasteiger partial charge in [-0.3, -0.25) is 0 Å². The molecule has 0 spiro atoms. The largest absolute Gasteiger partial charge is 0.310 e. The predicted octanol–water partition coefficient (Wildman–Crippen LogP) is 11.4. The van der Waals surface area contributed by atoms with Gasteiger partial charge in [-0.05, 0) is 90.6 Å². The van der Waals surface area contributed by atoms with Gasteiger partial charge in [0.1, 0.15) is 0 Å². The first-order valence-electron chi connectivity index (χ1n) is 14.1. The molecule has 0 bridgehead atoms. The maximum atomic E-state index is 2.37. The highest BCUT2D eigenvalue weighted by Crippen LogP contribution is 2.40. The number of benzene rings is 8. The summed E-state index contributed by atoms with van der Waals surface area (Å²) in [5.41, 5.74) is 5.84. The zero-order valence-corrected chi connectivity index (χ0v) is 22.5. The molecule has 8 aromatic rings. The molecule has 41 heavy (non-hydrogen) atoms. The van der Waals surface area contributed by atoms with Gasteiger partial charge in [-0.1, -0.05) is 127 Å². The molecule has 8 aromatic carbocycles. The molecule has 8 rings (SSSR count). The molecule has 0 N–H and O–H groups in total. The van der Waals surface area contributed by atoms with E-state index in [1.54, 1.807) is 0 Å². The van der Waals surface area contributed by atoms with Crippen LogP contribution in [0.3, 0.4) is 0 Å². The molecule has 1 heteroatoms. The SMILES string of the molecule is c1ccc(-c2ccc(N(c3ccccc3)c3ccc4ccc5ccc6c7ccccc7ccc6c5c4c3)cc2)cc1. The van der Waals surface area contributed by atoms with E-state index < -0.39 is 0 Å². The summed E-state index contributed by atoms with van der Waals surface area (Å²) in [5.74, 6) is 0. The molecule has 0 saturated carbocycles. The van der Waals surface area contributed by atoms with Gasteiger partial charge in [0.15, 0.2) is 0 Å². The zero-order valence-electron chi connectivity index (χ0n) is 22.5. The lowest BCUT2D eigenvalue weighted by atomic mass is 9.93. The quantitative estimate of drug-likeness (QED) is 0.208. The van der Waals surface area contributed by atoms with Gasteiger partial charge in [-0.2, -0.15) is 0 Å². The van der Waals surface area contributed by atoms with Crippen LogP contribution >= 0.6 is 0 Å². The molecular formula is C40H27N. The highest BCUT2D eigenvalue weighted by atomic mass is 15.1. The molecule has 0 aliphatic rings. The van der Waals surface area contributed by atoms with Crippen LogP contribution < -0.4 is 4.90 Å². The third kappa shape index (κ3) is 4.02.